The van der Waals surface area contributed by atoms with Gasteiger partial charge in [0.25, 0.3) is 0 Å². The molecule has 0 spiro atoms. The minimum atomic E-state index is -2.36. The highest BCUT2D eigenvalue weighted by Crippen LogP contribution is 2.12. The van der Waals surface area contributed by atoms with Crippen LogP contribution in [0.3, 0.4) is 0 Å². The van der Waals surface area contributed by atoms with E-state index in [1.165, 1.54) is 6.08 Å². The second-order valence-corrected chi connectivity index (χ2v) is 2.00. The fraction of sp³-hybridized carbons (Fsp3) is 0.571. The molecule has 0 aliphatic rings. The fourth-order valence-corrected chi connectivity index (χ4v) is 0.318. The number of carbonyl (C=O) groups excluding carboxylic acids is 1. The molecule has 0 amide bonds. The summed E-state index contributed by atoms with van der Waals surface area (Å²) < 4.78 is 21.4. The van der Waals surface area contributed by atoms with Crippen molar-refractivity contribution in [2.24, 2.45) is 0 Å². The molecule has 0 saturated heterocycles. The van der Waals surface area contributed by atoms with Crippen LogP contribution in [0.15, 0.2) is 12.3 Å². The maximum Gasteiger partial charge on any atom is 0.376 e. The average molecular weight is 162 g/mol. The zero-order chi connectivity index (χ0) is 8.91. The Morgan fingerprint density at radius 3 is 2.55 bits per heavy atom. The van der Waals surface area contributed by atoms with Gasteiger partial charge in [-0.05, 0) is 6.92 Å². The lowest BCUT2D eigenvalue weighted by Gasteiger charge is -2.14. The largest absolute Gasteiger partial charge is 0.431 e. The Morgan fingerprint density at radius 2 is 2.18 bits per heavy atom. The molecule has 1 atom stereocenters. The van der Waals surface area contributed by atoms with E-state index in [1.807, 2.05) is 0 Å². The van der Waals surface area contributed by atoms with Gasteiger partial charge in [-0.2, -0.15) is 4.39 Å². The molecule has 1 unspecified atom stereocenters. The molecule has 0 aromatic rings. The molecule has 64 valence electrons. The van der Waals surface area contributed by atoms with Crippen LogP contribution >= 0.6 is 0 Å². The Balaban J connectivity index is 4.02. The van der Waals surface area contributed by atoms with Crippen LogP contribution < -0.4 is 0 Å². The third-order valence-electron chi connectivity index (χ3n) is 1.06. The Morgan fingerprint density at radius 1 is 1.64 bits per heavy atom. The van der Waals surface area contributed by atoms with E-state index in [2.05, 4.69) is 9.47 Å². The van der Waals surface area contributed by atoms with Gasteiger partial charge in [0.15, 0.2) is 0 Å². The normalized spacial score (nSPS) is 16.4. The highest BCUT2D eigenvalue weighted by molar-refractivity contribution is 5.77. The van der Waals surface area contributed by atoms with Crippen LogP contribution in [0, 0.1) is 0 Å². The van der Waals surface area contributed by atoms with Gasteiger partial charge in [-0.3, -0.25) is 0 Å². The molecule has 0 heterocycles. The number of hydrogen-bond acceptors (Lipinski definition) is 3. The van der Waals surface area contributed by atoms with E-state index >= 15 is 0 Å². The van der Waals surface area contributed by atoms with Gasteiger partial charge in [0, 0.05) is 14.0 Å². The third-order valence-corrected chi connectivity index (χ3v) is 1.06. The summed E-state index contributed by atoms with van der Waals surface area (Å²) in [5.41, 5.74) is 0. The molecule has 0 aromatic heterocycles. The van der Waals surface area contributed by atoms with E-state index in [0.717, 1.165) is 20.3 Å². The molecule has 0 N–H and O–H groups in total. The minimum absolute atomic E-state index is 0.985. The van der Waals surface area contributed by atoms with Crippen LogP contribution in [0.25, 0.3) is 0 Å². The third kappa shape index (κ3) is 3.13. The standard InChI is InChI=1S/C7H11FO3/c1-4-5-11-6(9)7(2,8)10-3/h4-5H,1-3H3. The summed E-state index contributed by atoms with van der Waals surface area (Å²) in [6.45, 7) is 2.63. The lowest BCUT2D eigenvalue weighted by Crippen LogP contribution is -2.32. The van der Waals surface area contributed by atoms with Crippen molar-refractivity contribution in [1.29, 1.82) is 0 Å². The SMILES string of the molecule is CC=COC(=O)C(C)(F)OC. The lowest BCUT2D eigenvalue weighted by atomic mass is 10.4. The predicted molar refractivity (Wildman–Crippen MR) is 37.4 cm³/mol. The Labute approximate surface area is 64.8 Å². The summed E-state index contributed by atoms with van der Waals surface area (Å²) in [7, 11) is 1.09. The second kappa shape index (κ2) is 4.08. The Kier molecular flexibility index (Phi) is 3.74. The van der Waals surface area contributed by atoms with Gasteiger partial charge in [0.2, 0.25) is 0 Å². The summed E-state index contributed by atoms with van der Waals surface area (Å²) in [4.78, 5) is 10.7. The number of ether oxygens (including phenoxy) is 2. The van der Waals surface area contributed by atoms with Crippen LogP contribution in [0.1, 0.15) is 13.8 Å². The van der Waals surface area contributed by atoms with Gasteiger partial charge < -0.3 is 9.47 Å². The van der Waals surface area contributed by atoms with Crippen molar-refractivity contribution in [2.75, 3.05) is 7.11 Å². The van der Waals surface area contributed by atoms with E-state index in [9.17, 15) is 9.18 Å². The first-order valence-corrected chi connectivity index (χ1v) is 3.11. The van der Waals surface area contributed by atoms with Crippen LogP contribution in [0.4, 0.5) is 4.39 Å². The molecule has 0 rings (SSSR count). The molecule has 0 saturated carbocycles. The first-order chi connectivity index (χ1) is 5.04. The number of alkyl halides is 1. The summed E-state index contributed by atoms with van der Waals surface area (Å²) in [5.74, 6) is -3.42. The number of methoxy groups -OCH3 is 1. The van der Waals surface area contributed by atoms with Gasteiger partial charge in [0.1, 0.15) is 0 Å². The van der Waals surface area contributed by atoms with E-state index in [1.54, 1.807) is 6.92 Å². The van der Waals surface area contributed by atoms with Gasteiger partial charge in [-0.1, -0.05) is 6.08 Å². The van der Waals surface area contributed by atoms with Gasteiger partial charge in [-0.25, -0.2) is 4.79 Å². The molecule has 0 fully saturated rings. The minimum Gasteiger partial charge on any atom is -0.431 e. The smallest absolute Gasteiger partial charge is 0.376 e. The topological polar surface area (TPSA) is 35.5 Å². The first kappa shape index (κ1) is 10.1. The molecular weight excluding hydrogens is 151 g/mol. The lowest BCUT2D eigenvalue weighted by molar-refractivity contribution is -0.183. The maximum absolute atomic E-state index is 12.8. The molecular formula is C7H11FO3. The van der Waals surface area contributed by atoms with Crippen molar-refractivity contribution in [3.8, 4) is 0 Å². The van der Waals surface area contributed by atoms with Crippen molar-refractivity contribution in [2.45, 2.75) is 19.7 Å². The molecule has 0 aromatic carbocycles. The van der Waals surface area contributed by atoms with E-state index in [4.69, 9.17) is 0 Å². The quantitative estimate of drug-likeness (QED) is 0.464. The van der Waals surface area contributed by atoms with Crippen LogP contribution in [-0.2, 0) is 14.3 Å². The monoisotopic (exact) mass is 162 g/mol. The Hall–Kier alpha value is -0.900. The molecule has 3 nitrogen and oxygen atoms in total. The van der Waals surface area contributed by atoms with E-state index in [-0.39, 0.29) is 0 Å². The molecule has 0 radical (unpaired) electrons. The summed E-state index contributed by atoms with van der Waals surface area (Å²) in [5, 5.41) is 0. The number of allylic oxidation sites excluding steroid dienone is 1. The Bertz CT molecular complexity index is 163. The zero-order valence-electron chi connectivity index (χ0n) is 6.76. The molecule has 0 aliphatic heterocycles. The molecule has 0 aliphatic carbocycles. The van der Waals surface area contributed by atoms with Crippen molar-refractivity contribution >= 4 is 5.97 Å². The second-order valence-electron chi connectivity index (χ2n) is 2.00. The van der Waals surface area contributed by atoms with Crippen molar-refractivity contribution in [3.05, 3.63) is 12.3 Å². The van der Waals surface area contributed by atoms with Crippen LogP contribution in [0.5, 0.6) is 0 Å². The molecule has 0 bridgehead atoms. The van der Waals surface area contributed by atoms with Crippen molar-refractivity contribution < 1.29 is 18.7 Å². The number of hydrogen-bond donors (Lipinski definition) is 0. The summed E-state index contributed by atoms with van der Waals surface area (Å²) in [6, 6.07) is 0. The highest BCUT2D eigenvalue weighted by Gasteiger charge is 2.34. The van der Waals surface area contributed by atoms with Gasteiger partial charge >= 0.3 is 11.8 Å². The van der Waals surface area contributed by atoms with Crippen molar-refractivity contribution in [3.63, 3.8) is 0 Å². The number of esters is 1. The summed E-state index contributed by atoms with van der Waals surface area (Å²) in [6.07, 6.45) is 2.57. The summed E-state index contributed by atoms with van der Waals surface area (Å²) >= 11 is 0. The van der Waals surface area contributed by atoms with E-state index < -0.39 is 11.8 Å². The highest BCUT2D eigenvalue weighted by atomic mass is 19.2. The van der Waals surface area contributed by atoms with Gasteiger partial charge in [-0.15, -0.1) is 0 Å². The number of halogens is 1. The fourth-order valence-electron chi connectivity index (χ4n) is 0.318. The zero-order valence-corrected chi connectivity index (χ0v) is 6.76. The first-order valence-electron chi connectivity index (χ1n) is 3.11. The van der Waals surface area contributed by atoms with Crippen molar-refractivity contribution in [1.82, 2.24) is 0 Å². The molecule has 11 heavy (non-hydrogen) atoms. The van der Waals surface area contributed by atoms with E-state index in [0.29, 0.717) is 0 Å². The van der Waals surface area contributed by atoms with Crippen LogP contribution in [0.2, 0.25) is 0 Å². The van der Waals surface area contributed by atoms with Gasteiger partial charge in [0.05, 0.1) is 6.26 Å². The van der Waals surface area contributed by atoms with Crippen LogP contribution in [-0.4, -0.2) is 18.9 Å². The predicted octanol–water partition coefficient (Wildman–Crippen LogP) is 1.40. The number of carbonyl (C=O) groups is 1. The number of rotatable bonds is 3. The maximum atomic E-state index is 12.8. The molecule has 4 heteroatoms. The average Bonchev–Trinajstić information content (AvgIpc) is 2.00.